The monoisotopic (exact) mass is 341 g/mol. The van der Waals surface area contributed by atoms with E-state index in [-0.39, 0.29) is 5.91 Å². The van der Waals surface area contributed by atoms with Crippen molar-refractivity contribution in [1.82, 2.24) is 10.2 Å². The molecule has 0 aliphatic carbocycles. The van der Waals surface area contributed by atoms with Gasteiger partial charge >= 0.3 is 0 Å². The van der Waals surface area contributed by atoms with E-state index < -0.39 is 16.1 Å². The number of likely N-dealkylation sites (N-methyl/N-ethyl adjacent to an activating group) is 1. The molecule has 0 radical (unpaired) electrons. The summed E-state index contributed by atoms with van der Waals surface area (Å²) in [5.41, 5.74) is 2.56. The molecule has 6 nitrogen and oxygen atoms in total. The normalized spacial score (nSPS) is 13.0. The number of aryl methyl sites for hydroxylation is 2. The molecule has 0 aliphatic rings. The van der Waals surface area contributed by atoms with E-state index in [9.17, 15) is 13.2 Å². The van der Waals surface area contributed by atoms with Gasteiger partial charge in [0.05, 0.1) is 11.9 Å². The number of nitrogens with one attached hydrogen (secondary N) is 1. The van der Waals surface area contributed by atoms with E-state index in [0.717, 1.165) is 17.4 Å². The first-order chi connectivity index (χ1) is 10.5. The van der Waals surface area contributed by atoms with Crippen LogP contribution in [0.2, 0.25) is 0 Å². The summed E-state index contributed by atoms with van der Waals surface area (Å²) in [7, 11) is 0.249. The molecule has 0 spiro atoms. The second-order valence-electron chi connectivity index (χ2n) is 6.10. The Labute approximate surface area is 139 Å². The van der Waals surface area contributed by atoms with Gasteiger partial charge in [0, 0.05) is 13.1 Å². The van der Waals surface area contributed by atoms with E-state index in [1.165, 1.54) is 4.31 Å². The molecule has 0 unspecified atom stereocenters. The minimum Gasteiger partial charge on any atom is -0.353 e. The number of benzene rings is 1. The van der Waals surface area contributed by atoms with Gasteiger partial charge in [0.25, 0.3) is 0 Å². The third kappa shape index (κ3) is 5.51. The lowest BCUT2D eigenvalue weighted by Crippen LogP contribution is -2.48. The number of amides is 1. The summed E-state index contributed by atoms with van der Waals surface area (Å²) in [6.45, 7) is 6.64. The molecule has 130 valence electrons. The van der Waals surface area contributed by atoms with Crippen LogP contribution < -0.4 is 9.62 Å². The molecule has 1 rings (SSSR count). The van der Waals surface area contributed by atoms with E-state index in [0.29, 0.717) is 18.8 Å². The minimum absolute atomic E-state index is 0.310. The topological polar surface area (TPSA) is 69.7 Å². The van der Waals surface area contributed by atoms with Gasteiger partial charge in [-0.1, -0.05) is 6.07 Å². The summed E-state index contributed by atoms with van der Waals surface area (Å²) in [6.07, 6.45) is 1.12. The van der Waals surface area contributed by atoms with Crippen LogP contribution >= 0.6 is 0 Å². The van der Waals surface area contributed by atoms with E-state index >= 15 is 0 Å². The molecule has 1 aromatic rings. The zero-order valence-corrected chi connectivity index (χ0v) is 15.6. The van der Waals surface area contributed by atoms with Crippen molar-refractivity contribution >= 4 is 21.6 Å². The van der Waals surface area contributed by atoms with Gasteiger partial charge < -0.3 is 10.2 Å². The van der Waals surface area contributed by atoms with Crippen LogP contribution in [0.4, 0.5) is 5.69 Å². The molecule has 1 amide bonds. The van der Waals surface area contributed by atoms with Gasteiger partial charge in [-0.2, -0.15) is 0 Å². The molecule has 1 aromatic carbocycles. The molecule has 23 heavy (non-hydrogen) atoms. The van der Waals surface area contributed by atoms with Crippen LogP contribution in [-0.2, 0) is 14.8 Å². The lowest BCUT2D eigenvalue weighted by atomic mass is 10.1. The molecule has 0 fully saturated rings. The average molecular weight is 341 g/mol. The summed E-state index contributed by atoms with van der Waals surface area (Å²) in [6, 6.07) is 4.57. The van der Waals surface area contributed by atoms with Gasteiger partial charge in [0.2, 0.25) is 15.9 Å². The number of sulfonamides is 1. The van der Waals surface area contributed by atoms with Crippen molar-refractivity contribution in [2.75, 3.05) is 37.7 Å². The third-order valence-electron chi connectivity index (χ3n) is 3.69. The molecule has 1 atom stereocenters. The summed E-state index contributed by atoms with van der Waals surface area (Å²) >= 11 is 0. The van der Waals surface area contributed by atoms with Crippen molar-refractivity contribution in [1.29, 1.82) is 0 Å². The standard InChI is InChI=1S/C16H27N3O3S/c1-12-7-8-15(11-13(12)2)19(23(6,21)22)14(3)16(20)17-9-10-18(4)5/h7-8,11,14H,9-10H2,1-6H3,(H,17,20)/t14-/m0/s1. The van der Waals surface area contributed by atoms with E-state index in [4.69, 9.17) is 0 Å². The molecule has 0 bridgehead atoms. The second kappa shape index (κ2) is 7.79. The Morgan fingerprint density at radius 3 is 2.30 bits per heavy atom. The molecule has 1 N–H and O–H groups in total. The van der Waals surface area contributed by atoms with Gasteiger partial charge in [-0.25, -0.2) is 8.42 Å². The highest BCUT2D eigenvalue weighted by atomic mass is 32.2. The van der Waals surface area contributed by atoms with Crippen molar-refractivity contribution in [3.8, 4) is 0 Å². The maximum atomic E-state index is 12.3. The fourth-order valence-electron chi connectivity index (χ4n) is 2.22. The van der Waals surface area contributed by atoms with E-state index in [1.807, 2.05) is 38.9 Å². The van der Waals surface area contributed by atoms with Crippen molar-refractivity contribution in [2.24, 2.45) is 0 Å². The predicted molar refractivity (Wildman–Crippen MR) is 94.3 cm³/mol. The lowest BCUT2D eigenvalue weighted by molar-refractivity contribution is -0.121. The summed E-state index contributed by atoms with van der Waals surface area (Å²) < 4.78 is 25.6. The quantitative estimate of drug-likeness (QED) is 0.807. The number of carbonyl (C=O) groups excluding carboxylic acids is 1. The molecule has 0 saturated heterocycles. The maximum Gasteiger partial charge on any atom is 0.243 e. The third-order valence-corrected chi connectivity index (χ3v) is 4.93. The Bertz CT molecular complexity index is 657. The highest BCUT2D eigenvalue weighted by Gasteiger charge is 2.29. The maximum absolute atomic E-state index is 12.3. The highest BCUT2D eigenvalue weighted by Crippen LogP contribution is 2.23. The number of carbonyl (C=O) groups is 1. The predicted octanol–water partition coefficient (Wildman–Crippen LogP) is 1.14. The van der Waals surface area contributed by atoms with E-state index in [1.54, 1.807) is 19.1 Å². The van der Waals surface area contributed by atoms with Crippen LogP contribution in [0.1, 0.15) is 18.1 Å². The number of nitrogens with zero attached hydrogens (tertiary/aromatic N) is 2. The number of rotatable bonds is 7. The highest BCUT2D eigenvalue weighted by molar-refractivity contribution is 7.92. The molecule has 7 heteroatoms. The van der Waals surface area contributed by atoms with Crippen molar-refractivity contribution in [2.45, 2.75) is 26.8 Å². The number of hydrogen-bond acceptors (Lipinski definition) is 4. The summed E-state index contributed by atoms with van der Waals surface area (Å²) in [4.78, 5) is 14.2. The Hall–Kier alpha value is -1.60. The fraction of sp³-hybridized carbons (Fsp3) is 0.562. The van der Waals surface area contributed by atoms with Gasteiger partial charge in [0.15, 0.2) is 0 Å². The van der Waals surface area contributed by atoms with Crippen molar-refractivity contribution in [3.05, 3.63) is 29.3 Å². The first-order valence-corrected chi connectivity index (χ1v) is 9.38. The van der Waals surface area contributed by atoms with Crippen LogP contribution in [-0.4, -0.2) is 58.7 Å². The molecule has 0 aliphatic heterocycles. The van der Waals surface area contributed by atoms with Gasteiger partial charge in [-0.15, -0.1) is 0 Å². The minimum atomic E-state index is -3.57. The number of hydrogen-bond donors (Lipinski definition) is 1. The molecular weight excluding hydrogens is 314 g/mol. The van der Waals surface area contributed by atoms with Crippen molar-refractivity contribution < 1.29 is 13.2 Å². The fourth-order valence-corrected chi connectivity index (χ4v) is 3.39. The first kappa shape index (κ1) is 19.4. The summed E-state index contributed by atoms with van der Waals surface area (Å²) in [5.74, 6) is -0.310. The van der Waals surface area contributed by atoms with Crippen LogP contribution in [0.3, 0.4) is 0 Å². The lowest BCUT2D eigenvalue weighted by Gasteiger charge is -2.29. The molecular formula is C16H27N3O3S. The molecule has 0 heterocycles. The van der Waals surface area contributed by atoms with Gasteiger partial charge in [-0.05, 0) is 58.1 Å². The van der Waals surface area contributed by atoms with Crippen LogP contribution in [0.25, 0.3) is 0 Å². The average Bonchev–Trinajstić information content (AvgIpc) is 2.40. The zero-order chi connectivity index (χ0) is 17.8. The second-order valence-corrected chi connectivity index (χ2v) is 7.96. The zero-order valence-electron chi connectivity index (χ0n) is 14.8. The summed E-state index contributed by atoms with van der Waals surface area (Å²) in [5, 5.41) is 2.78. The van der Waals surface area contributed by atoms with Gasteiger partial charge in [-0.3, -0.25) is 9.10 Å². The smallest absolute Gasteiger partial charge is 0.243 e. The van der Waals surface area contributed by atoms with E-state index in [2.05, 4.69) is 5.32 Å². The molecule has 0 saturated carbocycles. The Kier molecular flexibility index (Phi) is 6.58. The van der Waals surface area contributed by atoms with Crippen molar-refractivity contribution in [3.63, 3.8) is 0 Å². The largest absolute Gasteiger partial charge is 0.353 e. The molecule has 0 aromatic heterocycles. The number of anilines is 1. The van der Waals surface area contributed by atoms with Crippen LogP contribution in [0, 0.1) is 13.8 Å². The Morgan fingerprint density at radius 2 is 1.83 bits per heavy atom. The Balaban J connectivity index is 3.02. The van der Waals surface area contributed by atoms with Gasteiger partial charge in [0.1, 0.15) is 6.04 Å². The Morgan fingerprint density at radius 1 is 1.22 bits per heavy atom. The van der Waals surface area contributed by atoms with Crippen LogP contribution in [0.5, 0.6) is 0 Å². The first-order valence-electron chi connectivity index (χ1n) is 7.53. The van der Waals surface area contributed by atoms with Crippen LogP contribution in [0.15, 0.2) is 18.2 Å². The SMILES string of the molecule is Cc1ccc(N([C@@H](C)C(=O)NCCN(C)C)S(C)(=O)=O)cc1C.